The van der Waals surface area contributed by atoms with Crippen LogP contribution in [0.1, 0.15) is 40.0 Å². The fourth-order valence-electron chi connectivity index (χ4n) is 0.843. The Morgan fingerprint density at radius 3 is 2.40 bits per heavy atom. The van der Waals surface area contributed by atoms with Crippen LogP contribution >= 0.6 is 0 Å². The lowest BCUT2D eigenvalue weighted by Crippen LogP contribution is -1.89. The summed E-state index contributed by atoms with van der Waals surface area (Å²) in [5.74, 6) is 0.242. The molecule has 0 fully saturated rings. The maximum Gasteiger partial charge on any atom is 0.155 e. The second-order valence-electron chi connectivity index (χ2n) is 2.56. The quantitative estimate of drug-likeness (QED) is 0.549. The molecule has 1 heteroatoms. The Labute approximate surface area is 63.1 Å². The minimum atomic E-state index is 0.242. The fraction of sp³-hybridized carbons (Fsp3) is 0.667. The van der Waals surface area contributed by atoms with Gasteiger partial charge < -0.3 is 0 Å². The summed E-state index contributed by atoms with van der Waals surface area (Å²) in [4.78, 5) is 10.8. The Balaban J connectivity index is 3.77. The van der Waals surface area contributed by atoms with Crippen LogP contribution in [0.5, 0.6) is 0 Å². The van der Waals surface area contributed by atoms with Crippen LogP contribution in [0.4, 0.5) is 0 Å². The molecule has 0 saturated heterocycles. The third-order valence-electron chi connectivity index (χ3n) is 1.40. The molecule has 0 amide bonds. The van der Waals surface area contributed by atoms with E-state index in [-0.39, 0.29) is 5.78 Å². The van der Waals surface area contributed by atoms with Crippen molar-refractivity contribution in [1.82, 2.24) is 0 Å². The van der Waals surface area contributed by atoms with Crippen LogP contribution in [0, 0.1) is 0 Å². The third kappa shape index (κ3) is 4.30. The molecule has 0 saturated carbocycles. The van der Waals surface area contributed by atoms with Gasteiger partial charge in [-0.3, -0.25) is 4.79 Å². The molecule has 0 bridgehead atoms. The molecule has 0 radical (unpaired) electrons. The Bertz CT molecular complexity index is 134. The van der Waals surface area contributed by atoms with E-state index in [1.54, 1.807) is 6.08 Å². The zero-order valence-electron chi connectivity index (χ0n) is 7.11. The lowest BCUT2D eigenvalue weighted by Gasteiger charge is -1.94. The van der Waals surface area contributed by atoms with E-state index in [1.165, 1.54) is 5.57 Å². The number of carbonyl (C=O) groups excluding carboxylic acids is 1. The average Bonchev–Trinajstić information content (AvgIpc) is 1.88. The van der Waals surface area contributed by atoms with Crippen molar-refractivity contribution in [2.45, 2.75) is 40.0 Å². The Kier molecular flexibility index (Phi) is 4.91. The van der Waals surface area contributed by atoms with Gasteiger partial charge in [0.1, 0.15) is 0 Å². The molecular weight excluding hydrogens is 124 g/mol. The maximum absolute atomic E-state index is 10.8. The molecule has 0 aromatic heterocycles. The molecule has 0 unspecified atom stereocenters. The summed E-state index contributed by atoms with van der Waals surface area (Å²) in [6, 6.07) is 0. The predicted molar refractivity (Wildman–Crippen MR) is 44.0 cm³/mol. The normalized spacial score (nSPS) is 11.7. The molecule has 0 aromatic rings. The zero-order valence-corrected chi connectivity index (χ0v) is 7.11. The molecule has 0 aliphatic heterocycles. The Morgan fingerprint density at radius 1 is 1.40 bits per heavy atom. The highest BCUT2D eigenvalue weighted by atomic mass is 16.1. The van der Waals surface area contributed by atoms with Gasteiger partial charge in [-0.15, -0.1) is 0 Å². The molecule has 0 N–H and O–H groups in total. The van der Waals surface area contributed by atoms with E-state index in [2.05, 4.69) is 6.92 Å². The fourth-order valence-corrected chi connectivity index (χ4v) is 0.843. The van der Waals surface area contributed by atoms with Crippen molar-refractivity contribution < 1.29 is 4.79 Å². The molecule has 0 atom stereocenters. The molecule has 10 heavy (non-hydrogen) atoms. The predicted octanol–water partition coefficient (Wildman–Crippen LogP) is 2.71. The monoisotopic (exact) mass is 140 g/mol. The Morgan fingerprint density at radius 2 is 2.00 bits per heavy atom. The minimum absolute atomic E-state index is 0.242. The van der Waals surface area contributed by atoms with Gasteiger partial charge in [0.2, 0.25) is 0 Å². The standard InChI is InChI=1S/C9H16O/c1-4-6-8(3)7-9(10)5-2/h7H,4-6H2,1-3H3. The summed E-state index contributed by atoms with van der Waals surface area (Å²) < 4.78 is 0. The molecule has 0 heterocycles. The largest absolute Gasteiger partial charge is 0.295 e. The van der Waals surface area contributed by atoms with Gasteiger partial charge in [-0.2, -0.15) is 0 Å². The van der Waals surface area contributed by atoms with Crippen molar-refractivity contribution in [2.75, 3.05) is 0 Å². The summed E-state index contributed by atoms with van der Waals surface area (Å²) in [5, 5.41) is 0. The first kappa shape index (κ1) is 9.41. The summed E-state index contributed by atoms with van der Waals surface area (Å²) in [7, 11) is 0. The Hall–Kier alpha value is -0.590. The number of hydrogen-bond acceptors (Lipinski definition) is 1. The van der Waals surface area contributed by atoms with Crippen molar-refractivity contribution >= 4 is 5.78 Å². The lowest BCUT2D eigenvalue weighted by molar-refractivity contribution is -0.114. The summed E-state index contributed by atoms with van der Waals surface area (Å²) >= 11 is 0. The minimum Gasteiger partial charge on any atom is -0.295 e. The van der Waals surface area contributed by atoms with Gasteiger partial charge in [0, 0.05) is 6.42 Å². The van der Waals surface area contributed by atoms with Crippen LogP contribution < -0.4 is 0 Å². The van der Waals surface area contributed by atoms with Crippen molar-refractivity contribution in [2.24, 2.45) is 0 Å². The molecule has 1 nitrogen and oxygen atoms in total. The smallest absolute Gasteiger partial charge is 0.155 e. The first-order valence-electron chi connectivity index (χ1n) is 3.90. The second kappa shape index (κ2) is 5.21. The summed E-state index contributed by atoms with van der Waals surface area (Å²) in [6.07, 6.45) is 4.55. The highest BCUT2D eigenvalue weighted by Crippen LogP contribution is 2.03. The SMILES string of the molecule is CCCC(C)=CC(=O)CC. The van der Waals surface area contributed by atoms with Gasteiger partial charge in [0.25, 0.3) is 0 Å². The zero-order chi connectivity index (χ0) is 7.98. The van der Waals surface area contributed by atoms with Crippen molar-refractivity contribution in [1.29, 1.82) is 0 Å². The molecule has 0 aliphatic rings. The molecule has 0 aromatic carbocycles. The summed E-state index contributed by atoms with van der Waals surface area (Å²) in [5.41, 5.74) is 1.20. The van der Waals surface area contributed by atoms with Crippen LogP contribution in [-0.4, -0.2) is 5.78 Å². The highest BCUT2D eigenvalue weighted by molar-refractivity contribution is 5.89. The van der Waals surface area contributed by atoms with E-state index in [4.69, 9.17) is 0 Å². The molecule has 0 rings (SSSR count). The van der Waals surface area contributed by atoms with Gasteiger partial charge in [-0.05, 0) is 19.4 Å². The van der Waals surface area contributed by atoms with E-state index >= 15 is 0 Å². The number of ketones is 1. The number of allylic oxidation sites excluding steroid dienone is 2. The highest BCUT2D eigenvalue weighted by Gasteiger charge is 1.92. The van der Waals surface area contributed by atoms with Gasteiger partial charge in [0.15, 0.2) is 5.78 Å². The number of rotatable bonds is 4. The first-order chi connectivity index (χ1) is 4.70. The molecule has 0 aliphatic carbocycles. The first-order valence-corrected chi connectivity index (χ1v) is 3.90. The maximum atomic E-state index is 10.8. The second-order valence-corrected chi connectivity index (χ2v) is 2.56. The van der Waals surface area contributed by atoms with E-state index in [9.17, 15) is 4.79 Å². The lowest BCUT2D eigenvalue weighted by atomic mass is 10.1. The van der Waals surface area contributed by atoms with E-state index in [0.29, 0.717) is 6.42 Å². The number of carbonyl (C=O) groups is 1. The van der Waals surface area contributed by atoms with Crippen molar-refractivity contribution in [3.05, 3.63) is 11.6 Å². The van der Waals surface area contributed by atoms with Crippen LogP contribution in [0.15, 0.2) is 11.6 Å². The van der Waals surface area contributed by atoms with Crippen molar-refractivity contribution in [3.63, 3.8) is 0 Å². The van der Waals surface area contributed by atoms with Gasteiger partial charge in [-0.1, -0.05) is 25.8 Å². The van der Waals surface area contributed by atoms with E-state index in [1.807, 2.05) is 13.8 Å². The van der Waals surface area contributed by atoms with Gasteiger partial charge in [-0.25, -0.2) is 0 Å². The van der Waals surface area contributed by atoms with Crippen LogP contribution in [-0.2, 0) is 4.79 Å². The molecular formula is C9H16O. The third-order valence-corrected chi connectivity index (χ3v) is 1.40. The number of hydrogen-bond donors (Lipinski definition) is 0. The molecule has 58 valence electrons. The van der Waals surface area contributed by atoms with Crippen LogP contribution in [0.3, 0.4) is 0 Å². The van der Waals surface area contributed by atoms with Crippen LogP contribution in [0.25, 0.3) is 0 Å². The summed E-state index contributed by atoms with van der Waals surface area (Å²) in [6.45, 7) is 6.02. The van der Waals surface area contributed by atoms with Crippen molar-refractivity contribution in [3.8, 4) is 0 Å². The average molecular weight is 140 g/mol. The van der Waals surface area contributed by atoms with Gasteiger partial charge in [0.05, 0.1) is 0 Å². The van der Waals surface area contributed by atoms with E-state index in [0.717, 1.165) is 12.8 Å². The van der Waals surface area contributed by atoms with E-state index < -0.39 is 0 Å². The molecule has 0 spiro atoms. The topological polar surface area (TPSA) is 17.1 Å². The van der Waals surface area contributed by atoms with Crippen LogP contribution in [0.2, 0.25) is 0 Å². The van der Waals surface area contributed by atoms with Gasteiger partial charge >= 0.3 is 0 Å².